The highest BCUT2D eigenvalue weighted by Gasteiger charge is 2.07. The number of halogens is 1. The molecule has 0 aliphatic heterocycles. The van der Waals surface area contributed by atoms with Crippen LogP contribution in [-0.2, 0) is 6.61 Å². The van der Waals surface area contributed by atoms with Gasteiger partial charge in [-0.25, -0.2) is 4.39 Å². The fourth-order valence-corrected chi connectivity index (χ4v) is 2.46. The molecule has 2 aromatic carbocycles. The third-order valence-corrected chi connectivity index (χ3v) is 4.14. The van der Waals surface area contributed by atoms with Crippen molar-refractivity contribution in [3.05, 3.63) is 65.5 Å². The van der Waals surface area contributed by atoms with Crippen molar-refractivity contribution in [1.82, 2.24) is 0 Å². The van der Waals surface area contributed by atoms with Crippen LogP contribution < -0.4 is 4.74 Å². The van der Waals surface area contributed by atoms with Crippen LogP contribution in [0.5, 0.6) is 5.75 Å². The Kier molecular flexibility index (Phi) is 6.01. The number of hydrogen-bond donors (Lipinski definition) is 0. The van der Waals surface area contributed by atoms with E-state index in [0.717, 1.165) is 5.56 Å². The maximum Gasteiger partial charge on any atom is 0.172 e. The quantitative estimate of drug-likeness (QED) is 0.690. The van der Waals surface area contributed by atoms with Crippen LogP contribution in [0.1, 0.15) is 29.8 Å². The van der Waals surface area contributed by atoms with E-state index in [0.29, 0.717) is 28.9 Å². The maximum atomic E-state index is 12.8. The van der Waals surface area contributed by atoms with E-state index in [9.17, 15) is 9.18 Å². The van der Waals surface area contributed by atoms with E-state index >= 15 is 0 Å². The van der Waals surface area contributed by atoms with E-state index in [2.05, 4.69) is 13.8 Å². The Morgan fingerprint density at radius 3 is 2.32 bits per heavy atom. The van der Waals surface area contributed by atoms with Crippen LogP contribution >= 0.6 is 11.8 Å². The number of thioether (sulfide) groups is 1. The zero-order valence-corrected chi connectivity index (χ0v) is 13.5. The molecule has 0 heterocycles. The average Bonchev–Trinajstić information content (AvgIpc) is 2.52. The molecule has 0 spiro atoms. The van der Waals surface area contributed by atoms with Gasteiger partial charge in [0.15, 0.2) is 5.78 Å². The lowest BCUT2D eigenvalue weighted by molar-refractivity contribution is 0.102. The molecule has 0 bridgehead atoms. The Bertz CT molecular complexity index is 606. The van der Waals surface area contributed by atoms with Gasteiger partial charge in [0.25, 0.3) is 0 Å². The van der Waals surface area contributed by atoms with Gasteiger partial charge in [-0.1, -0.05) is 26.0 Å². The maximum absolute atomic E-state index is 12.8. The van der Waals surface area contributed by atoms with Gasteiger partial charge in [0.1, 0.15) is 18.2 Å². The number of carbonyl (C=O) groups excluding carboxylic acids is 1. The molecular formula is C18H19FO2S. The topological polar surface area (TPSA) is 26.3 Å². The highest BCUT2D eigenvalue weighted by atomic mass is 32.2. The molecule has 0 N–H and O–H groups in total. The minimum Gasteiger partial charge on any atom is -0.489 e. The molecule has 0 atom stereocenters. The fourth-order valence-electron chi connectivity index (χ4n) is 1.81. The standard InChI is InChI=1S/C18H19FO2S/c1-13(2)22-12-18(20)15-5-9-17(10-6-15)21-11-14-3-7-16(19)8-4-14/h3-10,13H,11-12H2,1-2H3. The minimum absolute atomic E-state index is 0.129. The lowest BCUT2D eigenvalue weighted by atomic mass is 10.1. The van der Waals surface area contributed by atoms with Crippen LogP contribution in [-0.4, -0.2) is 16.8 Å². The summed E-state index contributed by atoms with van der Waals surface area (Å²) in [7, 11) is 0. The predicted molar refractivity (Wildman–Crippen MR) is 89.1 cm³/mol. The van der Waals surface area contributed by atoms with Crippen molar-refractivity contribution < 1.29 is 13.9 Å². The summed E-state index contributed by atoms with van der Waals surface area (Å²) in [6, 6.07) is 13.3. The second-order valence-electron chi connectivity index (χ2n) is 5.22. The van der Waals surface area contributed by atoms with Gasteiger partial charge < -0.3 is 4.74 Å². The minimum atomic E-state index is -0.258. The molecule has 22 heavy (non-hydrogen) atoms. The summed E-state index contributed by atoms with van der Waals surface area (Å²) in [5.74, 6) is 1.06. The Morgan fingerprint density at radius 1 is 1.09 bits per heavy atom. The molecule has 0 radical (unpaired) electrons. The van der Waals surface area contributed by atoms with Crippen molar-refractivity contribution in [3.63, 3.8) is 0 Å². The van der Waals surface area contributed by atoms with Crippen LogP contribution in [0.15, 0.2) is 48.5 Å². The summed E-state index contributed by atoms with van der Waals surface area (Å²) in [6.07, 6.45) is 0. The Balaban J connectivity index is 1.88. The largest absolute Gasteiger partial charge is 0.489 e. The van der Waals surface area contributed by atoms with Gasteiger partial charge in [0.05, 0.1) is 5.75 Å². The van der Waals surface area contributed by atoms with E-state index in [-0.39, 0.29) is 11.6 Å². The van der Waals surface area contributed by atoms with E-state index < -0.39 is 0 Å². The van der Waals surface area contributed by atoms with Crippen LogP contribution in [0.2, 0.25) is 0 Å². The van der Waals surface area contributed by atoms with Crippen LogP contribution in [0.3, 0.4) is 0 Å². The summed E-state index contributed by atoms with van der Waals surface area (Å²) in [5.41, 5.74) is 1.59. The first-order chi connectivity index (χ1) is 10.5. The molecule has 2 nitrogen and oxygen atoms in total. The molecule has 2 rings (SSSR count). The molecule has 0 amide bonds. The van der Waals surface area contributed by atoms with Gasteiger partial charge in [-0.05, 0) is 47.2 Å². The van der Waals surface area contributed by atoms with Crippen molar-refractivity contribution in [2.24, 2.45) is 0 Å². The van der Waals surface area contributed by atoms with Gasteiger partial charge in [0, 0.05) is 5.56 Å². The third-order valence-electron chi connectivity index (χ3n) is 3.04. The molecule has 0 unspecified atom stereocenters. The Labute approximate surface area is 134 Å². The van der Waals surface area contributed by atoms with Crippen LogP contribution in [0.4, 0.5) is 4.39 Å². The summed E-state index contributed by atoms with van der Waals surface area (Å²) in [4.78, 5) is 12.0. The van der Waals surface area contributed by atoms with Gasteiger partial charge in [0.2, 0.25) is 0 Å². The number of ether oxygens (including phenoxy) is 1. The van der Waals surface area contributed by atoms with Crippen LogP contribution in [0.25, 0.3) is 0 Å². The van der Waals surface area contributed by atoms with Crippen molar-refractivity contribution in [2.75, 3.05) is 5.75 Å². The lowest BCUT2D eigenvalue weighted by Crippen LogP contribution is -2.05. The number of benzene rings is 2. The average molecular weight is 318 g/mol. The van der Waals surface area contributed by atoms with Gasteiger partial charge in [-0.2, -0.15) is 11.8 Å². The first-order valence-electron chi connectivity index (χ1n) is 7.16. The first kappa shape index (κ1) is 16.6. The van der Waals surface area contributed by atoms with Gasteiger partial charge in [-0.15, -0.1) is 0 Å². The normalized spacial score (nSPS) is 10.7. The molecule has 116 valence electrons. The predicted octanol–water partition coefficient (Wildman–Crippen LogP) is 4.73. The molecule has 2 aromatic rings. The fraction of sp³-hybridized carbons (Fsp3) is 0.278. The third kappa shape index (κ3) is 5.19. The number of rotatable bonds is 7. The van der Waals surface area contributed by atoms with Gasteiger partial charge in [-0.3, -0.25) is 4.79 Å². The molecule has 0 aliphatic carbocycles. The summed E-state index contributed by atoms with van der Waals surface area (Å²) in [6.45, 7) is 4.52. The second kappa shape index (κ2) is 7.99. The number of hydrogen-bond acceptors (Lipinski definition) is 3. The van der Waals surface area contributed by atoms with Gasteiger partial charge >= 0.3 is 0 Å². The summed E-state index contributed by atoms with van der Waals surface area (Å²) in [5, 5.41) is 0.447. The number of Topliss-reactive ketones (excluding diaryl/α,β-unsaturated/α-hetero) is 1. The highest BCUT2D eigenvalue weighted by Crippen LogP contribution is 2.17. The van der Waals surface area contributed by atoms with Crippen LogP contribution in [0, 0.1) is 5.82 Å². The number of carbonyl (C=O) groups is 1. The monoisotopic (exact) mass is 318 g/mol. The Hall–Kier alpha value is -1.81. The second-order valence-corrected chi connectivity index (χ2v) is 6.79. The van der Waals surface area contributed by atoms with Crippen molar-refractivity contribution in [1.29, 1.82) is 0 Å². The zero-order valence-electron chi connectivity index (χ0n) is 12.7. The molecule has 0 aromatic heterocycles. The zero-order chi connectivity index (χ0) is 15.9. The molecule has 0 saturated heterocycles. The van der Waals surface area contributed by atoms with Crippen molar-refractivity contribution >= 4 is 17.5 Å². The highest BCUT2D eigenvalue weighted by molar-refractivity contribution is 8.00. The van der Waals surface area contributed by atoms with Crippen molar-refractivity contribution in [3.8, 4) is 5.75 Å². The molecular weight excluding hydrogens is 299 g/mol. The SMILES string of the molecule is CC(C)SCC(=O)c1ccc(OCc2ccc(F)cc2)cc1. The van der Waals surface area contributed by atoms with E-state index in [4.69, 9.17) is 4.74 Å². The molecule has 4 heteroatoms. The smallest absolute Gasteiger partial charge is 0.172 e. The van der Waals surface area contributed by atoms with E-state index in [1.807, 2.05) is 0 Å². The molecule has 0 saturated carbocycles. The number of ketones is 1. The summed E-state index contributed by atoms with van der Waals surface area (Å²) >= 11 is 1.64. The van der Waals surface area contributed by atoms with Crippen molar-refractivity contribution in [2.45, 2.75) is 25.7 Å². The lowest BCUT2D eigenvalue weighted by Gasteiger charge is -2.08. The molecule has 0 fully saturated rings. The Morgan fingerprint density at radius 2 is 1.73 bits per heavy atom. The molecule has 0 aliphatic rings. The van der Waals surface area contributed by atoms with E-state index in [1.54, 1.807) is 48.2 Å². The first-order valence-corrected chi connectivity index (χ1v) is 8.21. The summed E-state index contributed by atoms with van der Waals surface area (Å²) < 4.78 is 18.4. The van der Waals surface area contributed by atoms with E-state index in [1.165, 1.54) is 12.1 Å².